The van der Waals surface area contributed by atoms with Crippen LogP contribution in [0.1, 0.15) is 134 Å². The SMILES string of the molecule is CCCCCCCCCCCCCCCCCCC(CCc1ccccc1)[n+]1cc[nH]c1. The fourth-order valence-electron chi connectivity index (χ4n) is 4.88. The maximum absolute atomic E-state index is 3.23. The molecule has 0 spiro atoms. The molecule has 1 atom stereocenters. The minimum atomic E-state index is 0.619. The standard InChI is InChI=1S/C30H50N2/c1-2-3-4-5-6-7-8-9-10-11-12-13-14-15-16-20-23-30(32-27-26-31-28-32)25-24-29-21-18-17-19-22-29/h17-19,21-22,26-28,30H,2-16,20,23-25H2,1H3/p+1. The van der Waals surface area contributed by atoms with E-state index in [2.05, 4.69) is 59.3 Å². The lowest BCUT2D eigenvalue weighted by atomic mass is 9.99. The summed E-state index contributed by atoms with van der Waals surface area (Å²) in [7, 11) is 0. The molecule has 0 aliphatic rings. The first-order valence-electron chi connectivity index (χ1n) is 14.0. The lowest BCUT2D eigenvalue weighted by Gasteiger charge is -2.14. The molecule has 0 aliphatic heterocycles. The zero-order valence-electron chi connectivity index (χ0n) is 21.1. The first-order chi connectivity index (χ1) is 15.9. The van der Waals surface area contributed by atoms with Gasteiger partial charge in [0.1, 0.15) is 18.4 Å². The Kier molecular flexibility index (Phi) is 15.8. The van der Waals surface area contributed by atoms with Crippen LogP contribution in [0.25, 0.3) is 0 Å². The van der Waals surface area contributed by atoms with Crippen LogP contribution in [0.3, 0.4) is 0 Å². The summed E-state index contributed by atoms with van der Waals surface area (Å²) in [5.41, 5.74) is 1.46. The first-order valence-corrected chi connectivity index (χ1v) is 14.0. The summed E-state index contributed by atoms with van der Waals surface area (Å²) in [4.78, 5) is 3.23. The van der Waals surface area contributed by atoms with Gasteiger partial charge in [-0.05, 0) is 31.2 Å². The third-order valence-corrected chi connectivity index (χ3v) is 6.99. The van der Waals surface area contributed by atoms with Crippen molar-refractivity contribution in [1.82, 2.24) is 4.98 Å². The van der Waals surface area contributed by atoms with Crippen molar-refractivity contribution in [3.05, 3.63) is 54.6 Å². The van der Waals surface area contributed by atoms with Gasteiger partial charge in [0.25, 0.3) is 0 Å². The number of nitrogens with one attached hydrogen (secondary N) is 1. The van der Waals surface area contributed by atoms with Gasteiger partial charge in [0.15, 0.2) is 0 Å². The monoisotopic (exact) mass is 439 g/mol. The normalized spacial score (nSPS) is 12.3. The Morgan fingerprint density at radius 1 is 0.656 bits per heavy atom. The molecule has 2 nitrogen and oxygen atoms in total. The van der Waals surface area contributed by atoms with Crippen LogP contribution >= 0.6 is 0 Å². The maximum atomic E-state index is 3.23. The number of nitrogens with zero attached hydrogens (tertiary/aromatic N) is 1. The van der Waals surface area contributed by atoms with Gasteiger partial charge in [-0.3, -0.25) is 4.98 Å². The highest BCUT2D eigenvalue weighted by atomic mass is 15.0. The van der Waals surface area contributed by atoms with E-state index in [1.165, 1.54) is 128 Å². The summed E-state index contributed by atoms with van der Waals surface area (Å²) in [6.07, 6.45) is 33.1. The van der Waals surface area contributed by atoms with Crippen LogP contribution in [-0.4, -0.2) is 4.98 Å². The summed E-state index contributed by atoms with van der Waals surface area (Å²) >= 11 is 0. The summed E-state index contributed by atoms with van der Waals surface area (Å²) in [5.74, 6) is 0. The van der Waals surface area contributed by atoms with Gasteiger partial charge in [-0.15, -0.1) is 0 Å². The molecule has 0 saturated heterocycles. The van der Waals surface area contributed by atoms with Gasteiger partial charge < -0.3 is 0 Å². The average molecular weight is 440 g/mol. The van der Waals surface area contributed by atoms with Gasteiger partial charge >= 0.3 is 0 Å². The van der Waals surface area contributed by atoms with Crippen LogP contribution in [0.15, 0.2) is 49.1 Å². The lowest BCUT2D eigenvalue weighted by molar-refractivity contribution is -0.723. The molecule has 0 aliphatic carbocycles. The van der Waals surface area contributed by atoms with Gasteiger partial charge in [0.05, 0.1) is 0 Å². The molecule has 0 bridgehead atoms. The molecule has 0 saturated carbocycles. The number of aromatic amines is 1. The summed E-state index contributed by atoms with van der Waals surface area (Å²) in [6, 6.07) is 11.6. The highest BCUT2D eigenvalue weighted by Gasteiger charge is 2.15. The molecule has 2 aromatic rings. The quantitative estimate of drug-likeness (QED) is 0.148. The van der Waals surface area contributed by atoms with Crippen LogP contribution in [0.2, 0.25) is 0 Å². The van der Waals surface area contributed by atoms with Crippen molar-refractivity contribution < 1.29 is 4.57 Å². The smallest absolute Gasteiger partial charge is 0.241 e. The Hall–Kier alpha value is -1.57. The predicted octanol–water partition coefficient (Wildman–Crippen LogP) is 9.13. The van der Waals surface area contributed by atoms with Gasteiger partial charge in [0.2, 0.25) is 6.33 Å². The third-order valence-electron chi connectivity index (χ3n) is 6.99. The zero-order valence-corrected chi connectivity index (χ0v) is 21.1. The second-order valence-electron chi connectivity index (χ2n) is 9.83. The van der Waals surface area contributed by atoms with Gasteiger partial charge in [-0.2, -0.15) is 0 Å². The van der Waals surface area contributed by atoms with E-state index < -0.39 is 0 Å². The summed E-state index contributed by atoms with van der Waals surface area (Å²) in [5, 5.41) is 0. The Morgan fingerprint density at radius 2 is 1.19 bits per heavy atom. The Morgan fingerprint density at radius 3 is 1.69 bits per heavy atom. The Labute approximate surface area is 199 Å². The van der Waals surface area contributed by atoms with E-state index in [9.17, 15) is 0 Å². The highest BCUT2D eigenvalue weighted by Crippen LogP contribution is 2.19. The second kappa shape index (κ2) is 18.9. The zero-order chi connectivity index (χ0) is 22.5. The van der Waals surface area contributed by atoms with E-state index >= 15 is 0 Å². The molecule has 2 rings (SSSR count). The van der Waals surface area contributed by atoms with E-state index in [-0.39, 0.29) is 0 Å². The molecule has 1 unspecified atom stereocenters. The number of H-pyrrole nitrogens is 1. The molecule has 0 amide bonds. The van der Waals surface area contributed by atoms with E-state index in [4.69, 9.17) is 0 Å². The minimum absolute atomic E-state index is 0.619. The molecule has 1 aromatic carbocycles. The number of hydrogen-bond donors (Lipinski definition) is 1. The van der Waals surface area contributed by atoms with E-state index in [0.29, 0.717) is 6.04 Å². The van der Waals surface area contributed by atoms with Crippen molar-refractivity contribution in [3.63, 3.8) is 0 Å². The Bertz CT molecular complexity index is 620. The number of imidazole rings is 1. The summed E-state index contributed by atoms with van der Waals surface area (Å²) in [6.45, 7) is 2.30. The fourth-order valence-corrected chi connectivity index (χ4v) is 4.88. The van der Waals surface area contributed by atoms with E-state index in [1.807, 2.05) is 6.20 Å². The maximum Gasteiger partial charge on any atom is 0.241 e. The summed E-state index contributed by atoms with van der Waals surface area (Å²) < 4.78 is 2.38. The first kappa shape index (κ1) is 26.7. The number of benzene rings is 1. The molecule has 1 heterocycles. The fraction of sp³-hybridized carbons (Fsp3) is 0.700. The Balaban J connectivity index is 1.42. The van der Waals surface area contributed by atoms with Crippen molar-refractivity contribution in [2.45, 2.75) is 135 Å². The van der Waals surface area contributed by atoms with Gasteiger partial charge in [-0.1, -0.05) is 134 Å². The second-order valence-corrected chi connectivity index (χ2v) is 9.83. The van der Waals surface area contributed by atoms with E-state index in [0.717, 1.165) is 0 Å². The van der Waals surface area contributed by atoms with Crippen LogP contribution in [0.4, 0.5) is 0 Å². The van der Waals surface area contributed by atoms with Crippen LogP contribution in [-0.2, 0) is 6.42 Å². The molecule has 2 heteroatoms. The molecular formula is C30H51N2+. The third kappa shape index (κ3) is 13.1. The predicted molar refractivity (Wildman–Crippen MR) is 139 cm³/mol. The minimum Gasteiger partial charge on any atom is -0.250 e. The van der Waals surface area contributed by atoms with Crippen LogP contribution in [0, 0.1) is 0 Å². The molecule has 32 heavy (non-hydrogen) atoms. The van der Waals surface area contributed by atoms with Crippen LogP contribution in [0.5, 0.6) is 0 Å². The highest BCUT2D eigenvalue weighted by molar-refractivity contribution is 5.14. The van der Waals surface area contributed by atoms with Crippen LogP contribution < -0.4 is 4.57 Å². The number of unbranched alkanes of at least 4 members (excludes halogenated alkanes) is 15. The van der Waals surface area contributed by atoms with Crippen molar-refractivity contribution >= 4 is 0 Å². The molecule has 0 fully saturated rings. The number of aromatic nitrogens is 2. The largest absolute Gasteiger partial charge is 0.250 e. The molecule has 1 N–H and O–H groups in total. The average Bonchev–Trinajstić information content (AvgIpc) is 3.36. The number of hydrogen-bond acceptors (Lipinski definition) is 0. The van der Waals surface area contributed by atoms with Gasteiger partial charge in [0, 0.05) is 0 Å². The molecule has 1 aromatic heterocycles. The molecule has 180 valence electrons. The lowest BCUT2D eigenvalue weighted by Crippen LogP contribution is -2.37. The number of rotatable bonds is 21. The van der Waals surface area contributed by atoms with Crippen molar-refractivity contribution in [1.29, 1.82) is 0 Å². The van der Waals surface area contributed by atoms with Gasteiger partial charge in [-0.25, -0.2) is 4.57 Å². The van der Waals surface area contributed by atoms with Crippen molar-refractivity contribution in [3.8, 4) is 0 Å². The molecular weight excluding hydrogens is 388 g/mol. The molecule has 0 radical (unpaired) electrons. The van der Waals surface area contributed by atoms with E-state index in [1.54, 1.807) is 0 Å². The number of aryl methyl sites for hydroxylation is 1. The topological polar surface area (TPSA) is 19.7 Å². The van der Waals surface area contributed by atoms with Crippen molar-refractivity contribution in [2.24, 2.45) is 0 Å². The van der Waals surface area contributed by atoms with Crippen molar-refractivity contribution in [2.75, 3.05) is 0 Å².